The first-order valence-corrected chi connectivity index (χ1v) is 10.2. The van der Waals surface area contributed by atoms with Gasteiger partial charge in [-0.2, -0.15) is 0 Å². The highest BCUT2D eigenvalue weighted by Crippen LogP contribution is 2.55. The van der Waals surface area contributed by atoms with Crippen LogP contribution in [0.4, 0.5) is 0 Å². The molecule has 5 atom stereocenters. The summed E-state index contributed by atoms with van der Waals surface area (Å²) in [5, 5.41) is 14.5. The maximum atomic E-state index is 12.5. The van der Waals surface area contributed by atoms with Crippen molar-refractivity contribution in [2.24, 2.45) is 28.7 Å². The van der Waals surface area contributed by atoms with Crippen molar-refractivity contribution in [2.75, 3.05) is 0 Å². The lowest BCUT2D eigenvalue weighted by Crippen LogP contribution is -2.63. The van der Waals surface area contributed by atoms with Gasteiger partial charge in [0.25, 0.3) is 0 Å². The van der Waals surface area contributed by atoms with E-state index in [2.05, 4.69) is 5.32 Å². The Labute approximate surface area is 168 Å². The maximum Gasteiger partial charge on any atom is 0.249 e. The Hall–Kier alpha value is -1.92. The summed E-state index contributed by atoms with van der Waals surface area (Å²) < 4.78 is 0. The van der Waals surface area contributed by atoms with Crippen LogP contribution in [0.25, 0.3) is 0 Å². The third-order valence-corrected chi connectivity index (χ3v) is 6.56. The first-order chi connectivity index (χ1) is 13.0. The van der Waals surface area contributed by atoms with Gasteiger partial charge in [-0.05, 0) is 50.0 Å². The molecular weight excluding hydrogens is 354 g/mol. The summed E-state index contributed by atoms with van der Waals surface area (Å²) in [5.74, 6) is -0.744. The Morgan fingerprint density at radius 1 is 1.25 bits per heavy atom. The molecule has 0 heterocycles. The summed E-state index contributed by atoms with van der Waals surface area (Å²) in [6.07, 6.45) is 2.32. The predicted molar refractivity (Wildman–Crippen MR) is 110 cm³/mol. The second kappa shape index (κ2) is 8.62. The van der Waals surface area contributed by atoms with Crippen LogP contribution in [0, 0.1) is 17.3 Å². The molecule has 0 spiro atoms. The van der Waals surface area contributed by atoms with Crippen LogP contribution in [0.2, 0.25) is 0 Å². The normalized spacial score (nSPS) is 29.9. The van der Waals surface area contributed by atoms with E-state index in [0.717, 1.165) is 12.0 Å². The summed E-state index contributed by atoms with van der Waals surface area (Å²) in [4.78, 5) is 24.9. The number of aliphatic hydroxyl groups is 1. The number of hydrogen-bond donors (Lipinski definition) is 4. The van der Waals surface area contributed by atoms with Gasteiger partial charge in [-0.15, -0.1) is 0 Å². The zero-order chi connectivity index (χ0) is 21.1. The van der Waals surface area contributed by atoms with Crippen molar-refractivity contribution in [3.05, 3.63) is 35.9 Å². The monoisotopic (exact) mass is 389 g/mol. The smallest absolute Gasteiger partial charge is 0.249 e. The lowest BCUT2D eigenvalue weighted by Gasteiger charge is -2.54. The van der Waals surface area contributed by atoms with Gasteiger partial charge in [-0.1, -0.05) is 51.1 Å². The Morgan fingerprint density at radius 2 is 1.86 bits per heavy atom. The standard InChI is InChI=1S/C22H35N3O3/c1-14(2)21(11-10-15(3)12-22(21,28)20(24)27)13-18(25-19(26)16(4)23)17-8-6-5-7-9-17/h5-9,14-16,18,28H,10-13,23H2,1-4H3,(H2,24,27)(H,25,26)/t15?,16-,18+,21?,22?/m1/s1. The zero-order valence-electron chi connectivity index (χ0n) is 17.4. The Bertz CT molecular complexity index is 692. The van der Waals surface area contributed by atoms with Crippen LogP contribution in [0.5, 0.6) is 0 Å². The summed E-state index contributed by atoms with van der Waals surface area (Å²) >= 11 is 0. The fourth-order valence-electron chi connectivity index (χ4n) is 4.74. The molecule has 28 heavy (non-hydrogen) atoms. The lowest BCUT2D eigenvalue weighted by atomic mass is 9.53. The van der Waals surface area contributed by atoms with Crippen molar-refractivity contribution in [3.8, 4) is 0 Å². The summed E-state index contributed by atoms with van der Waals surface area (Å²) in [5.41, 5.74) is 10.1. The first-order valence-electron chi connectivity index (χ1n) is 10.2. The molecule has 6 N–H and O–H groups in total. The zero-order valence-corrected chi connectivity index (χ0v) is 17.4. The predicted octanol–water partition coefficient (Wildman–Crippen LogP) is 2.26. The molecule has 1 aromatic rings. The number of rotatable bonds is 7. The van der Waals surface area contributed by atoms with Gasteiger partial charge in [0.05, 0.1) is 12.1 Å². The van der Waals surface area contributed by atoms with Crippen LogP contribution in [0.1, 0.15) is 65.0 Å². The van der Waals surface area contributed by atoms with E-state index in [1.54, 1.807) is 6.92 Å². The molecule has 0 radical (unpaired) electrons. The molecule has 6 heteroatoms. The highest BCUT2D eigenvalue weighted by Gasteiger charge is 2.59. The number of nitrogens with two attached hydrogens (primary N) is 2. The fraction of sp³-hybridized carbons (Fsp3) is 0.636. The van der Waals surface area contributed by atoms with Crippen LogP contribution in [0.15, 0.2) is 30.3 Å². The van der Waals surface area contributed by atoms with E-state index in [0.29, 0.717) is 19.3 Å². The second-order valence-corrected chi connectivity index (χ2v) is 8.85. The minimum absolute atomic E-state index is 0.00378. The average molecular weight is 390 g/mol. The lowest BCUT2D eigenvalue weighted by molar-refractivity contribution is -0.178. The van der Waals surface area contributed by atoms with Crippen LogP contribution < -0.4 is 16.8 Å². The molecule has 0 bridgehead atoms. The molecule has 0 aromatic heterocycles. The number of nitrogens with one attached hydrogen (secondary N) is 1. The maximum absolute atomic E-state index is 12.5. The van der Waals surface area contributed by atoms with E-state index >= 15 is 0 Å². The fourth-order valence-corrected chi connectivity index (χ4v) is 4.74. The van der Waals surface area contributed by atoms with Crippen LogP contribution >= 0.6 is 0 Å². The van der Waals surface area contributed by atoms with Gasteiger partial charge >= 0.3 is 0 Å². The Balaban J connectivity index is 2.50. The van der Waals surface area contributed by atoms with Crippen molar-refractivity contribution in [1.82, 2.24) is 5.32 Å². The number of carbonyl (C=O) groups excluding carboxylic acids is 2. The first kappa shape index (κ1) is 22.4. The van der Waals surface area contributed by atoms with Crippen LogP contribution in [-0.2, 0) is 9.59 Å². The van der Waals surface area contributed by atoms with Gasteiger partial charge in [-0.25, -0.2) is 0 Å². The number of hydrogen-bond acceptors (Lipinski definition) is 4. The van der Waals surface area contributed by atoms with Gasteiger partial charge in [0.15, 0.2) is 0 Å². The van der Waals surface area contributed by atoms with Crippen molar-refractivity contribution in [1.29, 1.82) is 0 Å². The van der Waals surface area contributed by atoms with Gasteiger partial charge in [0, 0.05) is 5.41 Å². The Morgan fingerprint density at radius 3 is 2.36 bits per heavy atom. The molecule has 1 aliphatic rings. The van der Waals surface area contributed by atoms with Crippen molar-refractivity contribution < 1.29 is 14.7 Å². The van der Waals surface area contributed by atoms with E-state index in [9.17, 15) is 14.7 Å². The molecule has 0 aliphatic heterocycles. The molecule has 156 valence electrons. The highest BCUT2D eigenvalue weighted by molar-refractivity contribution is 5.85. The highest BCUT2D eigenvalue weighted by atomic mass is 16.3. The quantitative estimate of drug-likeness (QED) is 0.572. The third-order valence-electron chi connectivity index (χ3n) is 6.56. The van der Waals surface area contributed by atoms with Crippen molar-refractivity contribution in [2.45, 2.75) is 71.1 Å². The van der Waals surface area contributed by atoms with E-state index in [4.69, 9.17) is 11.5 Å². The van der Waals surface area contributed by atoms with Crippen LogP contribution in [0.3, 0.4) is 0 Å². The molecule has 2 amide bonds. The molecule has 2 rings (SSSR count). The summed E-state index contributed by atoms with van der Waals surface area (Å²) in [6.45, 7) is 7.70. The number of carbonyl (C=O) groups is 2. The van der Waals surface area contributed by atoms with Gasteiger partial charge in [0.1, 0.15) is 5.60 Å². The number of primary amides is 1. The molecule has 1 fully saturated rings. The van der Waals surface area contributed by atoms with E-state index in [1.807, 2.05) is 51.1 Å². The van der Waals surface area contributed by atoms with E-state index in [1.165, 1.54) is 0 Å². The minimum Gasteiger partial charge on any atom is -0.379 e. The molecule has 1 aromatic carbocycles. The molecule has 6 nitrogen and oxygen atoms in total. The van der Waals surface area contributed by atoms with Gasteiger partial charge in [-0.3, -0.25) is 9.59 Å². The Kier molecular flexibility index (Phi) is 6.88. The largest absolute Gasteiger partial charge is 0.379 e. The van der Waals surface area contributed by atoms with Crippen molar-refractivity contribution in [3.63, 3.8) is 0 Å². The molecular formula is C22H35N3O3. The van der Waals surface area contributed by atoms with Crippen molar-refractivity contribution >= 4 is 11.8 Å². The third kappa shape index (κ3) is 4.23. The number of benzene rings is 1. The summed E-state index contributed by atoms with van der Waals surface area (Å²) in [6, 6.07) is 8.58. The molecule has 1 aliphatic carbocycles. The molecule has 1 saturated carbocycles. The van der Waals surface area contributed by atoms with Gasteiger partial charge < -0.3 is 21.9 Å². The number of amides is 2. The SMILES string of the molecule is CC1CCC(C[C@H](NC(=O)[C@@H](C)N)c2ccccc2)(C(C)C)C(O)(C(N)=O)C1. The van der Waals surface area contributed by atoms with E-state index in [-0.39, 0.29) is 23.8 Å². The van der Waals surface area contributed by atoms with E-state index < -0.39 is 23.0 Å². The molecule has 0 saturated heterocycles. The molecule has 3 unspecified atom stereocenters. The average Bonchev–Trinajstić information content (AvgIpc) is 2.63. The minimum atomic E-state index is -1.62. The van der Waals surface area contributed by atoms with Crippen LogP contribution in [-0.4, -0.2) is 28.6 Å². The van der Waals surface area contributed by atoms with Gasteiger partial charge in [0.2, 0.25) is 11.8 Å². The topological polar surface area (TPSA) is 118 Å². The second-order valence-electron chi connectivity index (χ2n) is 8.85. The summed E-state index contributed by atoms with van der Waals surface area (Å²) in [7, 11) is 0.